The molecule has 0 bridgehead atoms. The van der Waals surface area contributed by atoms with Gasteiger partial charge in [-0.15, -0.1) is 0 Å². The first-order chi connectivity index (χ1) is 9.67. The molecule has 1 aromatic heterocycles. The Morgan fingerprint density at radius 2 is 2.00 bits per heavy atom. The van der Waals surface area contributed by atoms with Crippen LogP contribution in [0.4, 0.5) is 17.3 Å². The molecule has 1 fully saturated rings. The van der Waals surface area contributed by atoms with E-state index in [1.165, 1.54) is 0 Å². The lowest BCUT2D eigenvalue weighted by Crippen LogP contribution is -2.11. The van der Waals surface area contributed by atoms with Gasteiger partial charge in [-0.3, -0.25) is 0 Å². The number of para-hydroxylation sites is 1. The normalized spacial score (nSPS) is 14.2. The second kappa shape index (κ2) is 5.26. The van der Waals surface area contributed by atoms with Crippen LogP contribution >= 0.6 is 11.6 Å². The molecule has 0 amide bonds. The summed E-state index contributed by atoms with van der Waals surface area (Å²) in [5.41, 5.74) is 4.50. The zero-order valence-corrected chi connectivity index (χ0v) is 11.9. The molecule has 1 heterocycles. The maximum atomic E-state index is 6.22. The van der Waals surface area contributed by atoms with Crippen molar-refractivity contribution in [3.05, 3.63) is 40.7 Å². The monoisotopic (exact) mass is 289 g/mol. The van der Waals surface area contributed by atoms with Crippen molar-refractivity contribution in [2.24, 2.45) is 5.84 Å². The van der Waals surface area contributed by atoms with Crippen LogP contribution in [0.25, 0.3) is 0 Å². The van der Waals surface area contributed by atoms with Crippen molar-refractivity contribution >= 4 is 28.9 Å². The number of halogens is 1. The zero-order chi connectivity index (χ0) is 14.1. The average molecular weight is 290 g/mol. The Morgan fingerprint density at radius 1 is 1.25 bits per heavy atom. The number of hydrogen-bond donors (Lipinski definition) is 3. The van der Waals surface area contributed by atoms with Crippen molar-refractivity contribution in [3.8, 4) is 0 Å². The maximum Gasteiger partial charge on any atom is 0.145 e. The van der Waals surface area contributed by atoms with Crippen molar-refractivity contribution in [1.82, 2.24) is 9.97 Å². The Morgan fingerprint density at radius 3 is 2.65 bits per heavy atom. The van der Waals surface area contributed by atoms with Gasteiger partial charge in [0.25, 0.3) is 0 Å². The fraction of sp³-hybridized carbons (Fsp3) is 0.286. The third-order valence-corrected chi connectivity index (χ3v) is 3.62. The van der Waals surface area contributed by atoms with E-state index in [2.05, 4.69) is 20.7 Å². The number of benzene rings is 1. The summed E-state index contributed by atoms with van der Waals surface area (Å²) in [7, 11) is 0. The van der Waals surface area contributed by atoms with Crippen molar-refractivity contribution in [1.29, 1.82) is 0 Å². The topological polar surface area (TPSA) is 75.9 Å². The molecule has 0 atom stereocenters. The van der Waals surface area contributed by atoms with Gasteiger partial charge in [0.15, 0.2) is 0 Å². The summed E-state index contributed by atoms with van der Waals surface area (Å²) in [5.74, 6) is 8.05. The summed E-state index contributed by atoms with van der Waals surface area (Å²) in [6.45, 7) is 2.00. The van der Waals surface area contributed by atoms with Crippen molar-refractivity contribution < 1.29 is 0 Å². The smallest absolute Gasteiger partial charge is 0.145 e. The van der Waals surface area contributed by atoms with Gasteiger partial charge < -0.3 is 10.7 Å². The highest BCUT2D eigenvalue weighted by molar-refractivity contribution is 6.33. The lowest BCUT2D eigenvalue weighted by atomic mass is 10.2. The highest BCUT2D eigenvalue weighted by Gasteiger charge is 2.27. The number of nitrogens with two attached hydrogens (primary N) is 1. The molecule has 1 saturated carbocycles. The molecule has 0 unspecified atom stereocenters. The number of hydrogen-bond acceptors (Lipinski definition) is 5. The Bertz CT molecular complexity index is 619. The summed E-state index contributed by atoms with van der Waals surface area (Å²) in [5, 5.41) is 3.93. The van der Waals surface area contributed by atoms with Gasteiger partial charge in [0.2, 0.25) is 0 Å². The molecule has 0 radical (unpaired) electrons. The summed E-state index contributed by atoms with van der Waals surface area (Å²) in [4.78, 5) is 8.92. The fourth-order valence-corrected chi connectivity index (χ4v) is 2.32. The first-order valence-corrected chi connectivity index (χ1v) is 6.93. The van der Waals surface area contributed by atoms with E-state index in [1.54, 1.807) is 6.07 Å². The summed E-state index contributed by atoms with van der Waals surface area (Å²) >= 11 is 6.22. The SMILES string of the molecule is Cc1cccc(Cl)c1Nc1cc(NN)nc(C2CC2)n1. The number of nitrogen functional groups attached to an aromatic ring is 1. The number of hydrazine groups is 1. The van der Waals surface area contributed by atoms with Gasteiger partial charge >= 0.3 is 0 Å². The van der Waals surface area contributed by atoms with Crippen LogP contribution in [-0.2, 0) is 0 Å². The Labute approximate surface area is 122 Å². The summed E-state index contributed by atoms with van der Waals surface area (Å²) in [6, 6.07) is 7.54. The van der Waals surface area contributed by atoms with Crippen LogP contribution < -0.4 is 16.6 Å². The van der Waals surface area contributed by atoms with Gasteiger partial charge in [0, 0.05) is 12.0 Å². The minimum Gasteiger partial charge on any atom is -0.339 e. The van der Waals surface area contributed by atoms with E-state index in [1.807, 2.05) is 25.1 Å². The molecule has 3 rings (SSSR count). The Hall–Kier alpha value is -1.85. The van der Waals surface area contributed by atoms with Crippen LogP contribution in [0.15, 0.2) is 24.3 Å². The van der Waals surface area contributed by atoms with Crippen LogP contribution in [-0.4, -0.2) is 9.97 Å². The Balaban J connectivity index is 1.95. The quantitative estimate of drug-likeness (QED) is 0.594. The number of aromatic nitrogens is 2. The predicted octanol–water partition coefficient (Wildman–Crippen LogP) is 3.35. The number of nitrogens with one attached hydrogen (secondary N) is 2. The van der Waals surface area contributed by atoms with Crippen LogP contribution in [0, 0.1) is 6.92 Å². The molecule has 1 aliphatic carbocycles. The first kappa shape index (κ1) is 13.1. The highest BCUT2D eigenvalue weighted by Crippen LogP contribution is 2.39. The molecular formula is C14H16ClN5. The maximum absolute atomic E-state index is 6.22. The van der Waals surface area contributed by atoms with Crippen LogP contribution in [0.3, 0.4) is 0 Å². The second-order valence-electron chi connectivity index (χ2n) is 4.97. The van der Waals surface area contributed by atoms with E-state index < -0.39 is 0 Å². The molecule has 1 aromatic carbocycles. The van der Waals surface area contributed by atoms with Crippen molar-refractivity contribution in [2.75, 3.05) is 10.7 Å². The summed E-state index contributed by atoms with van der Waals surface area (Å²) < 4.78 is 0. The van der Waals surface area contributed by atoms with Gasteiger partial charge in [-0.05, 0) is 31.4 Å². The molecule has 104 valence electrons. The van der Waals surface area contributed by atoms with E-state index in [0.717, 1.165) is 29.9 Å². The van der Waals surface area contributed by atoms with Gasteiger partial charge in [0.05, 0.1) is 10.7 Å². The molecule has 0 aliphatic heterocycles. The fourth-order valence-electron chi connectivity index (χ4n) is 2.05. The molecular weight excluding hydrogens is 274 g/mol. The first-order valence-electron chi connectivity index (χ1n) is 6.55. The van der Waals surface area contributed by atoms with Crippen molar-refractivity contribution in [3.63, 3.8) is 0 Å². The van der Waals surface area contributed by atoms with Gasteiger partial charge in [-0.25, -0.2) is 15.8 Å². The lowest BCUT2D eigenvalue weighted by Gasteiger charge is -2.12. The molecule has 1 aliphatic rings. The molecule has 20 heavy (non-hydrogen) atoms. The van der Waals surface area contributed by atoms with E-state index in [9.17, 15) is 0 Å². The van der Waals surface area contributed by atoms with E-state index in [-0.39, 0.29) is 0 Å². The number of anilines is 3. The largest absolute Gasteiger partial charge is 0.339 e. The lowest BCUT2D eigenvalue weighted by molar-refractivity contribution is 0.929. The van der Waals surface area contributed by atoms with Gasteiger partial charge in [-0.2, -0.15) is 0 Å². The van der Waals surface area contributed by atoms with Crippen molar-refractivity contribution in [2.45, 2.75) is 25.7 Å². The highest BCUT2D eigenvalue weighted by atomic mass is 35.5. The molecule has 5 nitrogen and oxygen atoms in total. The zero-order valence-electron chi connectivity index (χ0n) is 11.2. The van der Waals surface area contributed by atoms with E-state index in [4.69, 9.17) is 17.4 Å². The third kappa shape index (κ3) is 2.69. The van der Waals surface area contributed by atoms with Gasteiger partial charge in [-0.1, -0.05) is 23.7 Å². The van der Waals surface area contributed by atoms with E-state index in [0.29, 0.717) is 22.6 Å². The number of nitrogens with zero attached hydrogens (tertiary/aromatic N) is 2. The Kier molecular flexibility index (Phi) is 3.46. The second-order valence-corrected chi connectivity index (χ2v) is 5.38. The van der Waals surface area contributed by atoms with Gasteiger partial charge in [0.1, 0.15) is 17.5 Å². The molecule has 2 aromatic rings. The minimum atomic E-state index is 0.455. The third-order valence-electron chi connectivity index (χ3n) is 3.31. The van der Waals surface area contributed by atoms with E-state index >= 15 is 0 Å². The van der Waals surface area contributed by atoms with Crippen LogP contribution in [0.2, 0.25) is 5.02 Å². The number of aryl methyl sites for hydroxylation is 1. The van der Waals surface area contributed by atoms with Crippen LogP contribution in [0.1, 0.15) is 30.1 Å². The standard InChI is InChI=1S/C14H16ClN5/c1-8-3-2-4-10(15)13(8)17-11-7-12(20-16)19-14(18-11)9-5-6-9/h2-4,7,9H,5-6,16H2,1H3,(H2,17,18,19,20). The molecule has 4 N–H and O–H groups in total. The molecule has 6 heteroatoms. The molecule has 0 spiro atoms. The molecule has 0 saturated heterocycles. The minimum absolute atomic E-state index is 0.455. The summed E-state index contributed by atoms with van der Waals surface area (Å²) in [6.07, 6.45) is 2.27. The number of rotatable bonds is 4. The van der Waals surface area contributed by atoms with Crippen LogP contribution in [0.5, 0.6) is 0 Å². The predicted molar refractivity (Wildman–Crippen MR) is 81.3 cm³/mol. The average Bonchev–Trinajstić information content (AvgIpc) is 3.27.